The van der Waals surface area contributed by atoms with Gasteiger partial charge in [0.2, 0.25) is 5.91 Å². The number of halogens is 2. The van der Waals surface area contributed by atoms with Gasteiger partial charge in [0.05, 0.1) is 13.7 Å². The van der Waals surface area contributed by atoms with Crippen molar-refractivity contribution in [1.82, 2.24) is 0 Å². The van der Waals surface area contributed by atoms with Gasteiger partial charge in [-0.05, 0) is 90.3 Å². The van der Waals surface area contributed by atoms with Gasteiger partial charge in [-0.1, -0.05) is 30.7 Å². The summed E-state index contributed by atoms with van der Waals surface area (Å²) in [6.07, 6.45) is 6.65. The number of fused-ring (bicyclic) bond motifs is 2. The van der Waals surface area contributed by atoms with Gasteiger partial charge >= 0.3 is 5.97 Å². The predicted molar refractivity (Wildman–Crippen MR) is 154 cm³/mol. The summed E-state index contributed by atoms with van der Waals surface area (Å²) in [6, 6.07) is 17.1. The third-order valence-corrected chi connectivity index (χ3v) is 8.25. The highest BCUT2D eigenvalue weighted by atomic mass is 19.1. The first-order chi connectivity index (χ1) is 19.2. The van der Waals surface area contributed by atoms with Gasteiger partial charge in [0.25, 0.3) is 0 Å². The number of carbonyl (C=O) groups excluding carboxylic acids is 2. The maximum atomic E-state index is 15.5. The van der Waals surface area contributed by atoms with Crippen LogP contribution >= 0.6 is 0 Å². The number of amides is 1. The van der Waals surface area contributed by atoms with Gasteiger partial charge in [-0.3, -0.25) is 4.79 Å². The van der Waals surface area contributed by atoms with Gasteiger partial charge in [-0.25, -0.2) is 13.6 Å². The van der Waals surface area contributed by atoms with Crippen LogP contribution in [0.2, 0.25) is 0 Å². The molecule has 5 rings (SSSR count). The van der Waals surface area contributed by atoms with Crippen molar-refractivity contribution < 1.29 is 23.1 Å². The number of hydrogen-bond donors (Lipinski definition) is 0. The fourth-order valence-electron chi connectivity index (χ4n) is 6.10. The molecule has 3 atom stereocenters. The molecule has 2 bridgehead atoms. The number of nitrogens with zero attached hydrogens (tertiary/aromatic N) is 2. The molecule has 5 nitrogen and oxygen atoms in total. The van der Waals surface area contributed by atoms with Crippen molar-refractivity contribution >= 4 is 29.3 Å². The summed E-state index contributed by atoms with van der Waals surface area (Å²) in [7, 11) is 5.19. The maximum absolute atomic E-state index is 15.5. The number of carbonyl (C=O) groups is 2. The lowest BCUT2D eigenvalue weighted by atomic mass is 9.87. The molecule has 1 amide bonds. The van der Waals surface area contributed by atoms with Crippen molar-refractivity contribution in [3.05, 3.63) is 89.5 Å². The summed E-state index contributed by atoms with van der Waals surface area (Å²) in [5, 5.41) is 0. The second-order valence-electron chi connectivity index (χ2n) is 11.1. The first kappa shape index (κ1) is 27.6. The molecule has 0 unspecified atom stereocenters. The lowest BCUT2D eigenvalue weighted by molar-refractivity contribution is -0.134. The molecule has 2 saturated carbocycles. The van der Waals surface area contributed by atoms with Crippen molar-refractivity contribution in [3.8, 4) is 11.1 Å². The van der Waals surface area contributed by atoms with Crippen LogP contribution in [-0.4, -0.2) is 33.1 Å². The van der Waals surface area contributed by atoms with Crippen LogP contribution in [0.15, 0.2) is 66.7 Å². The molecule has 2 aliphatic carbocycles. The summed E-state index contributed by atoms with van der Waals surface area (Å²) >= 11 is 0. The van der Waals surface area contributed by atoms with E-state index in [1.54, 1.807) is 12.1 Å². The number of rotatable bonds is 8. The number of ether oxygens (including phenoxy) is 1. The molecule has 3 aromatic rings. The van der Waals surface area contributed by atoms with E-state index >= 15 is 4.39 Å². The fraction of sp³-hybridized carbons (Fsp3) is 0.333. The van der Waals surface area contributed by atoms with E-state index in [4.69, 9.17) is 0 Å². The smallest absolute Gasteiger partial charge is 0.330 e. The second-order valence-corrected chi connectivity index (χ2v) is 11.1. The predicted octanol–water partition coefficient (Wildman–Crippen LogP) is 6.85. The van der Waals surface area contributed by atoms with E-state index in [0.29, 0.717) is 28.7 Å². The minimum atomic E-state index is -0.570. The van der Waals surface area contributed by atoms with Gasteiger partial charge in [0, 0.05) is 43.0 Å². The Hall–Kier alpha value is -4.00. The van der Waals surface area contributed by atoms with E-state index in [1.165, 1.54) is 42.4 Å². The summed E-state index contributed by atoms with van der Waals surface area (Å²) in [6.45, 7) is -0.0258. The van der Waals surface area contributed by atoms with Crippen molar-refractivity contribution in [2.24, 2.45) is 17.8 Å². The van der Waals surface area contributed by atoms with Gasteiger partial charge in [0.1, 0.15) is 11.6 Å². The minimum Gasteiger partial charge on any atom is -0.466 e. The number of hydrogen-bond acceptors (Lipinski definition) is 4. The highest BCUT2D eigenvalue weighted by Crippen LogP contribution is 2.49. The van der Waals surface area contributed by atoms with Crippen molar-refractivity contribution in [2.75, 3.05) is 31.0 Å². The van der Waals surface area contributed by atoms with Gasteiger partial charge in [0.15, 0.2) is 0 Å². The normalized spacial score (nSPS) is 19.7. The lowest BCUT2D eigenvalue weighted by Crippen LogP contribution is -2.38. The summed E-state index contributed by atoms with van der Waals surface area (Å²) in [5.41, 5.74) is 3.76. The fourth-order valence-corrected chi connectivity index (χ4v) is 6.10. The Balaban J connectivity index is 1.46. The van der Waals surface area contributed by atoms with Crippen LogP contribution in [0, 0.1) is 29.4 Å². The highest BCUT2D eigenvalue weighted by molar-refractivity contribution is 5.96. The van der Waals surface area contributed by atoms with E-state index in [1.807, 2.05) is 49.3 Å². The average molecular weight is 545 g/mol. The minimum absolute atomic E-state index is 0.0258. The van der Waals surface area contributed by atoms with E-state index in [0.717, 1.165) is 42.5 Å². The van der Waals surface area contributed by atoms with Crippen LogP contribution in [0.5, 0.6) is 0 Å². The number of benzene rings is 3. The first-order valence-electron chi connectivity index (χ1n) is 13.7. The third kappa shape index (κ3) is 5.93. The molecule has 0 aliphatic heterocycles. The van der Waals surface area contributed by atoms with Gasteiger partial charge in [-0.2, -0.15) is 0 Å². The molecule has 2 aliphatic rings. The molecule has 0 heterocycles. The standard InChI is InChI=1S/C33H34F2N2O3/c1-36(2)28-11-9-23(10-12-28)24-7-8-26(31(35)18-24)20-37(33(39)30-17-21-4-6-25(30)14-21)29-16-22(15-27(34)19-29)5-13-32(38)40-3/h5,7-13,15-16,18-19,21,25,30H,4,6,14,17,20H2,1-3H3/b13-5+/t21-,25+,30-/m1/s1. The Morgan fingerprint density at radius 3 is 2.30 bits per heavy atom. The Morgan fingerprint density at radius 2 is 1.68 bits per heavy atom. The molecule has 0 saturated heterocycles. The summed E-state index contributed by atoms with van der Waals surface area (Å²) < 4.78 is 34.9. The second kappa shape index (κ2) is 11.6. The molecule has 0 aromatic heterocycles. The summed E-state index contributed by atoms with van der Waals surface area (Å²) in [4.78, 5) is 29.0. The zero-order chi connectivity index (χ0) is 28.4. The molecule has 40 heavy (non-hydrogen) atoms. The van der Waals surface area contributed by atoms with Crippen LogP contribution in [0.3, 0.4) is 0 Å². The van der Waals surface area contributed by atoms with Gasteiger partial charge < -0.3 is 14.5 Å². The van der Waals surface area contributed by atoms with E-state index < -0.39 is 17.6 Å². The number of esters is 1. The Labute approximate surface area is 234 Å². The zero-order valence-electron chi connectivity index (χ0n) is 23.1. The Kier molecular flexibility index (Phi) is 8.01. The molecule has 0 radical (unpaired) electrons. The molecule has 0 N–H and O–H groups in total. The maximum Gasteiger partial charge on any atom is 0.330 e. The van der Waals surface area contributed by atoms with Crippen molar-refractivity contribution in [3.63, 3.8) is 0 Å². The molecular weight excluding hydrogens is 510 g/mol. The highest BCUT2D eigenvalue weighted by Gasteiger charge is 2.44. The number of anilines is 2. The van der Waals surface area contributed by atoms with Crippen LogP contribution in [0.4, 0.5) is 20.2 Å². The molecule has 2 fully saturated rings. The molecular formula is C33H34F2N2O3. The topological polar surface area (TPSA) is 49.9 Å². The molecule has 7 heteroatoms. The monoisotopic (exact) mass is 544 g/mol. The zero-order valence-corrected chi connectivity index (χ0v) is 23.1. The van der Waals surface area contributed by atoms with Gasteiger partial charge in [-0.15, -0.1) is 0 Å². The van der Waals surface area contributed by atoms with Crippen LogP contribution < -0.4 is 9.80 Å². The SMILES string of the molecule is COC(=O)/C=C/c1cc(F)cc(N(Cc2ccc(-c3ccc(N(C)C)cc3)cc2F)C(=O)[C@@H]2C[C@@H]3CC[C@H]2C3)c1. The summed E-state index contributed by atoms with van der Waals surface area (Å²) in [5.74, 6) is -0.963. The Bertz CT molecular complexity index is 1430. The van der Waals surface area contributed by atoms with Crippen molar-refractivity contribution in [1.29, 1.82) is 0 Å². The molecule has 0 spiro atoms. The van der Waals surface area contributed by atoms with Crippen LogP contribution in [0.1, 0.15) is 36.8 Å². The molecule has 3 aromatic carbocycles. The van der Waals surface area contributed by atoms with Crippen molar-refractivity contribution in [2.45, 2.75) is 32.2 Å². The van der Waals surface area contributed by atoms with E-state index in [-0.39, 0.29) is 18.4 Å². The largest absolute Gasteiger partial charge is 0.466 e. The van der Waals surface area contributed by atoms with Crippen LogP contribution in [-0.2, 0) is 20.9 Å². The van der Waals surface area contributed by atoms with E-state index in [2.05, 4.69) is 4.74 Å². The Morgan fingerprint density at radius 1 is 0.925 bits per heavy atom. The lowest BCUT2D eigenvalue weighted by Gasteiger charge is -2.30. The molecule has 208 valence electrons. The van der Waals surface area contributed by atoms with E-state index in [9.17, 15) is 14.0 Å². The quantitative estimate of drug-likeness (QED) is 0.230. The number of methoxy groups -OCH3 is 1. The average Bonchev–Trinajstić information content (AvgIpc) is 3.59. The third-order valence-electron chi connectivity index (χ3n) is 8.25. The van der Waals surface area contributed by atoms with Crippen LogP contribution in [0.25, 0.3) is 17.2 Å². The first-order valence-corrected chi connectivity index (χ1v) is 13.7.